The molecule has 6 aromatic rings. The van der Waals surface area contributed by atoms with E-state index in [1.807, 2.05) is 104 Å². The fourth-order valence-electron chi connectivity index (χ4n) is 8.53. The fraction of sp³-hybridized carbons (Fsp3) is 0.293. The lowest BCUT2D eigenvalue weighted by molar-refractivity contribution is -0.146. The van der Waals surface area contributed by atoms with Crippen molar-refractivity contribution in [3.63, 3.8) is 0 Å². The Labute approximate surface area is 307 Å². The third-order valence-electron chi connectivity index (χ3n) is 11.0. The van der Waals surface area contributed by atoms with E-state index in [-0.39, 0.29) is 24.0 Å². The Morgan fingerprint density at radius 3 is 2.42 bits per heavy atom. The van der Waals surface area contributed by atoms with Crippen molar-refractivity contribution in [3.8, 4) is 5.69 Å². The van der Waals surface area contributed by atoms with Gasteiger partial charge in [-0.05, 0) is 54.9 Å². The van der Waals surface area contributed by atoms with Crippen LogP contribution in [0.2, 0.25) is 18.6 Å². The maximum Gasteiger partial charge on any atom is 0.279 e. The van der Waals surface area contributed by atoms with Gasteiger partial charge in [0.05, 0.1) is 53.8 Å². The number of aliphatic hydroxyl groups is 1. The molecule has 0 bridgehead atoms. The molecule has 2 aliphatic heterocycles. The van der Waals surface area contributed by atoms with Crippen molar-refractivity contribution in [2.75, 3.05) is 11.5 Å². The molecule has 1 saturated heterocycles. The molecule has 12 heteroatoms. The van der Waals surface area contributed by atoms with Crippen LogP contribution in [0.3, 0.4) is 0 Å². The number of halogens is 1. The molecule has 1 fully saturated rings. The first-order chi connectivity index (χ1) is 25.6. The summed E-state index contributed by atoms with van der Waals surface area (Å²) in [6, 6.07) is 32.2. The lowest BCUT2D eigenvalue weighted by atomic mass is 9.82. The number of aryl methyl sites for hydroxylation is 1. The molecule has 0 radical (unpaired) electrons. The fourth-order valence-corrected chi connectivity index (χ4v) is 11.1. The predicted octanol–water partition coefficient (Wildman–Crippen LogP) is 6.51. The molecule has 270 valence electrons. The van der Waals surface area contributed by atoms with Gasteiger partial charge in [0.15, 0.2) is 5.60 Å². The summed E-state index contributed by atoms with van der Waals surface area (Å²) in [5.41, 5.74) is 1.97. The van der Waals surface area contributed by atoms with Crippen LogP contribution in [0.25, 0.3) is 16.5 Å². The summed E-state index contributed by atoms with van der Waals surface area (Å²) in [5.74, 6) is -1.10. The molecular weight excluding hydrogens is 688 g/mol. The number of anilines is 1. The van der Waals surface area contributed by atoms with Gasteiger partial charge in [0.2, 0.25) is 8.41 Å². The number of fused-ring (bicyclic) bond motifs is 3. The maximum atomic E-state index is 16.6. The molecule has 8 rings (SSSR count). The first-order valence-electron chi connectivity index (χ1n) is 18.0. The summed E-state index contributed by atoms with van der Waals surface area (Å²) in [5, 5.41) is 24.7. The highest BCUT2D eigenvalue weighted by molar-refractivity contribution is 6.72. The van der Waals surface area contributed by atoms with Gasteiger partial charge in [0, 0.05) is 35.2 Å². The van der Waals surface area contributed by atoms with Crippen molar-refractivity contribution in [3.05, 3.63) is 148 Å². The SMILES string of the molecule is C[C@@H]1[C@@H]([Si](C)(C)F)[C@H](CCn2cc(C(CO)c3ccccc3)nn2)O[C@@]12C(=O)N(Cc1ccccc1)c1ccc(-n3ncc4ccccc4c3=O)cc12. The van der Waals surface area contributed by atoms with Gasteiger partial charge in [-0.25, -0.2) is 0 Å². The Balaban J connectivity index is 1.17. The average molecular weight is 729 g/mol. The molecule has 5 atom stereocenters. The second kappa shape index (κ2) is 13.6. The third kappa shape index (κ3) is 6.00. The van der Waals surface area contributed by atoms with Gasteiger partial charge in [-0.1, -0.05) is 91.0 Å². The van der Waals surface area contributed by atoms with Gasteiger partial charge in [-0.3, -0.25) is 14.3 Å². The summed E-state index contributed by atoms with van der Waals surface area (Å²) >= 11 is 0. The first-order valence-corrected chi connectivity index (χ1v) is 21.0. The Morgan fingerprint density at radius 1 is 0.962 bits per heavy atom. The van der Waals surface area contributed by atoms with Crippen LogP contribution in [0.15, 0.2) is 120 Å². The van der Waals surface area contributed by atoms with Crippen LogP contribution in [-0.4, -0.2) is 56.9 Å². The number of nitrogens with zero attached hydrogens (tertiary/aromatic N) is 6. The van der Waals surface area contributed by atoms with Crippen LogP contribution in [0.4, 0.5) is 9.80 Å². The minimum atomic E-state index is -3.45. The van der Waals surface area contributed by atoms with E-state index in [0.717, 1.165) is 16.5 Å². The number of hydrogen-bond acceptors (Lipinski definition) is 7. The largest absolute Gasteiger partial charge is 0.395 e. The van der Waals surface area contributed by atoms with Crippen LogP contribution >= 0.6 is 0 Å². The number of carbonyl (C=O) groups is 1. The monoisotopic (exact) mass is 728 g/mol. The zero-order chi connectivity index (χ0) is 36.9. The van der Waals surface area contributed by atoms with Crippen molar-refractivity contribution < 1.29 is 18.7 Å². The molecule has 1 spiro atoms. The molecular formula is C41H41FN6O4Si. The number of amides is 1. The molecule has 0 aliphatic carbocycles. The van der Waals surface area contributed by atoms with Crippen molar-refractivity contribution in [1.29, 1.82) is 0 Å². The third-order valence-corrected chi connectivity index (χ3v) is 13.5. The lowest BCUT2D eigenvalue weighted by Crippen LogP contribution is -2.45. The Morgan fingerprint density at radius 2 is 1.68 bits per heavy atom. The van der Waals surface area contributed by atoms with E-state index < -0.39 is 31.6 Å². The number of hydrogen-bond donors (Lipinski definition) is 1. The quantitative estimate of drug-likeness (QED) is 0.126. The molecule has 1 N–H and O–H groups in total. The average Bonchev–Trinajstić information content (AvgIpc) is 3.82. The molecule has 2 aromatic heterocycles. The van der Waals surface area contributed by atoms with E-state index in [9.17, 15) is 14.7 Å². The molecule has 0 saturated carbocycles. The highest BCUT2D eigenvalue weighted by Gasteiger charge is 2.66. The van der Waals surface area contributed by atoms with E-state index in [1.54, 1.807) is 41.0 Å². The Bertz CT molecular complexity index is 2350. The minimum Gasteiger partial charge on any atom is -0.395 e. The molecule has 4 aromatic carbocycles. The van der Waals surface area contributed by atoms with E-state index in [2.05, 4.69) is 15.4 Å². The minimum absolute atomic E-state index is 0.123. The molecule has 53 heavy (non-hydrogen) atoms. The van der Waals surface area contributed by atoms with Gasteiger partial charge in [-0.15, -0.1) is 5.10 Å². The number of ether oxygens (including phenoxy) is 1. The van der Waals surface area contributed by atoms with Crippen molar-refractivity contribution in [2.45, 2.75) is 62.7 Å². The molecule has 4 heterocycles. The van der Waals surface area contributed by atoms with Crippen LogP contribution in [0.5, 0.6) is 0 Å². The number of aliphatic hydroxyl groups excluding tert-OH is 1. The molecule has 2 aliphatic rings. The second-order valence-electron chi connectivity index (χ2n) is 14.6. The van der Waals surface area contributed by atoms with Gasteiger partial charge in [-0.2, -0.15) is 9.78 Å². The maximum absolute atomic E-state index is 16.6. The van der Waals surface area contributed by atoms with Crippen LogP contribution in [-0.2, 0) is 28.2 Å². The smallest absolute Gasteiger partial charge is 0.279 e. The number of carbonyl (C=O) groups excluding carboxylic acids is 1. The molecule has 1 unspecified atom stereocenters. The van der Waals surface area contributed by atoms with E-state index >= 15 is 4.11 Å². The van der Waals surface area contributed by atoms with Crippen LogP contribution in [0.1, 0.15) is 41.6 Å². The Hall–Kier alpha value is -5.30. The van der Waals surface area contributed by atoms with Crippen LogP contribution in [0, 0.1) is 5.92 Å². The molecule has 1 amide bonds. The first kappa shape index (κ1) is 34.8. The zero-order valence-corrected chi connectivity index (χ0v) is 30.8. The van der Waals surface area contributed by atoms with E-state index in [1.165, 1.54) is 4.68 Å². The van der Waals surface area contributed by atoms with Crippen molar-refractivity contribution in [2.24, 2.45) is 5.92 Å². The Kier molecular flexibility index (Phi) is 8.92. The van der Waals surface area contributed by atoms with E-state index in [4.69, 9.17) is 4.74 Å². The predicted molar refractivity (Wildman–Crippen MR) is 203 cm³/mol. The van der Waals surface area contributed by atoms with Gasteiger partial charge in [0.1, 0.15) is 0 Å². The summed E-state index contributed by atoms with van der Waals surface area (Å²) in [6.07, 6.45) is 3.25. The lowest BCUT2D eigenvalue weighted by Gasteiger charge is -2.31. The topological polar surface area (TPSA) is 115 Å². The zero-order valence-electron chi connectivity index (χ0n) is 29.8. The summed E-state index contributed by atoms with van der Waals surface area (Å²) in [7, 11) is -3.45. The van der Waals surface area contributed by atoms with Gasteiger partial charge < -0.3 is 18.9 Å². The van der Waals surface area contributed by atoms with Crippen molar-refractivity contribution in [1.82, 2.24) is 24.8 Å². The molecule has 10 nitrogen and oxygen atoms in total. The van der Waals surface area contributed by atoms with Gasteiger partial charge >= 0.3 is 0 Å². The summed E-state index contributed by atoms with van der Waals surface area (Å²) in [6.45, 7) is 5.85. The number of benzene rings is 4. The number of aromatic nitrogens is 5. The van der Waals surface area contributed by atoms with Gasteiger partial charge in [0.25, 0.3) is 11.5 Å². The summed E-state index contributed by atoms with van der Waals surface area (Å²) < 4.78 is 26.7. The number of rotatable bonds is 10. The van der Waals surface area contributed by atoms with Crippen molar-refractivity contribution >= 4 is 30.8 Å². The summed E-state index contributed by atoms with van der Waals surface area (Å²) in [4.78, 5) is 30.4. The van der Waals surface area contributed by atoms with Crippen LogP contribution < -0.4 is 10.5 Å². The van der Waals surface area contributed by atoms with E-state index in [0.29, 0.717) is 47.5 Å². The highest BCUT2D eigenvalue weighted by atomic mass is 28.4. The standard InChI is InChI=1S/C41H41FN6O4Si/c1-27-38(53(2,3)42)37(20-21-46-25-35(44-45-46)33(26-49)29-14-8-5-9-15-29)52-41(27)34-22-31(48-39(50)32-17-11-10-16-30(32)23-43-48)18-19-36(34)47(40(41)51)24-28-12-6-4-7-13-28/h4-19,22-23,25,27,33,37-38,49H,20-21,24,26H2,1-3H3/t27-,33?,37+,38-,41+/m1/s1. The normalized spacial score (nSPS) is 21.8. The highest BCUT2D eigenvalue weighted by Crippen LogP contribution is 2.60. The second-order valence-corrected chi connectivity index (χ2v) is 18.4.